The van der Waals surface area contributed by atoms with Gasteiger partial charge in [0.2, 0.25) is 0 Å². The van der Waals surface area contributed by atoms with Crippen LogP contribution in [0.25, 0.3) is 0 Å². The van der Waals surface area contributed by atoms with Crippen LogP contribution in [0, 0.1) is 6.92 Å². The molecule has 4 heteroatoms. The third kappa shape index (κ3) is 5.52. The van der Waals surface area contributed by atoms with Gasteiger partial charge >= 0.3 is 0 Å². The summed E-state index contributed by atoms with van der Waals surface area (Å²) in [5.74, 6) is 0.585. The van der Waals surface area contributed by atoms with E-state index in [-0.39, 0.29) is 5.91 Å². The van der Waals surface area contributed by atoms with Crippen LogP contribution in [0.2, 0.25) is 5.02 Å². The van der Waals surface area contributed by atoms with Crippen LogP contribution in [0.4, 0.5) is 0 Å². The fourth-order valence-corrected chi connectivity index (χ4v) is 1.80. The summed E-state index contributed by atoms with van der Waals surface area (Å²) in [7, 11) is 0. The Hall–Kier alpha value is -1.22. The first-order valence-electron chi connectivity index (χ1n) is 6.75. The summed E-state index contributed by atoms with van der Waals surface area (Å²) < 4.78 is 5.60. The number of unbranched alkanes of at least 4 members (excludes halogenated alkanes) is 2. The number of hydrogen-bond donors (Lipinski definition) is 1. The fourth-order valence-electron chi connectivity index (χ4n) is 1.68. The molecule has 1 unspecified atom stereocenters. The van der Waals surface area contributed by atoms with Crippen LogP contribution in [0.15, 0.2) is 18.2 Å². The number of carbonyl (C=O) groups is 1. The predicted molar refractivity (Wildman–Crippen MR) is 78.8 cm³/mol. The highest BCUT2D eigenvalue weighted by molar-refractivity contribution is 6.31. The molecule has 0 bridgehead atoms. The summed E-state index contributed by atoms with van der Waals surface area (Å²) in [6, 6.07) is 5.39. The average molecular weight is 284 g/mol. The maximum Gasteiger partial charge on any atom is 0.260 e. The first-order chi connectivity index (χ1) is 9.04. The molecular formula is C15H22ClNO2. The van der Waals surface area contributed by atoms with Gasteiger partial charge in [-0.2, -0.15) is 0 Å². The van der Waals surface area contributed by atoms with Gasteiger partial charge < -0.3 is 10.1 Å². The number of carbonyl (C=O) groups excluding carboxylic acids is 1. The molecule has 1 N–H and O–H groups in total. The monoisotopic (exact) mass is 283 g/mol. The lowest BCUT2D eigenvalue weighted by Gasteiger charge is -2.15. The molecule has 0 heterocycles. The van der Waals surface area contributed by atoms with Crippen LogP contribution in [-0.2, 0) is 4.79 Å². The first-order valence-corrected chi connectivity index (χ1v) is 7.13. The van der Waals surface area contributed by atoms with Crippen LogP contribution in [-0.4, -0.2) is 18.6 Å². The van der Waals surface area contributed by atoms with Gasteiger partial charge in [0.15, 0.2) is 6.10 Å². The minimum atomic E-state index is -0.498. The maximum atomic E-state index is 11.8. The van der Waals surface area contributed by atoms with Gasteiger partial charge in [0.25, 0.3) is 5.91 Å². The molecule has 1 atom stereocenters. The Labute approximate surface area is 120 Å². The highest BCUT2D eigenvalue weighted by Gasteiger charge is 2.14. The Morgan fingerprint density at radius 2 is 2.16 bits per heavy atom. The molecule has 0 saturated heterocycles. The van der Waals surface area contributed by atoms with Gasteiger partial charge in [-0.1, -0.05) is 31.4 Å². The minimum Gasteiger partial charge on any atom is -0.481 e. The second kappa shape index (κ2) is 8.05. The lowest BCUT2D eigenvalue weighted by atomic mass is 10.2. The maximum absolute atomic E-state index is 11.8. The van der Waals surface area contributed by atoms with Crippen molar-refractivity contribution in [2.45, 2.75) is 46.1 Å². The number of benzene rings is 1. The lowest BCUT2D eigenvalue weighted by Crippen LogP contribution is -2.36. The third-order valence-corrected chi connectivity index (χ3v) is 3.32. The summed E-state index contributed by atoms with van der Waals surface area (Å²) in [6.45, 7) is 6.50. The number of ether oxygens (including phenoxy) is 1. The number of hydrogen-bond acceptors (Lipinski definition) is 2. The van der Waals surface area contributed by atoms with E-state index >= 15 is 0 Å². The van der Waals surface area contributed by atoms with Gasteiger partial charge in [-0.05, 0) is 44.0 Å². The predicted octanol–water partition coefficient (Wildman–Crippen LogP) is 3.72. The lowest BCUT2D eigenvalue weighted by molar-refractivity contribution is -0.127. The van der Waals surface area contributed by atoms with Crippen molar-refractivity contribution >= 4 is 17.5 Å². The quantitative estimate of drug-likeness (QED) is 0.775. The number of aryl methyl sites for hydroxylation is 1. The highest BCUT2D eigenvalue weighted by Crippen LogP contribution is 2.21. The van der Waals surface area contributed by atoms with E-state index in [0.717, 1.165) is 24.8 Å². The van der Waals surface area contributed by atoms with Crippen molar-refractivity contribution in [3.8, 4) is 5.75 Å². The molecule has 106 valence electrons. The Morgan fingerprint density at radius 1 is 1.42 bits per heavy atom. The highest BCUT2D eigenvalue weighted by atomic mass is 35.5. The Bertz CT molecular complexity index is 421. The normalized spacial score (nSPS) is 12.0. The number of rotatable bonds is 7. The van der Waals surface area contributed by atoms with E-state index in [4.69, 9.17) is 16.3 Å². The number of nitrogens with one attached hydrogen (secondary N) is 1. The molecule has 1 aromatic carbocycles. The SMILES string of the molecule is CCCCCNC(=O)C(C)Oc1ccc(Cl)c(C)c1. The van der Waals surface area contributed by atoms with E-state index in [2.05, 4.69) is 12.2 Å². The third-order valence-electron chi connectivity index (χ3n) is 2.89. The Balaban J connectivity index is 2.42. The van der Waals surface area contributed by atoms with Crippen molar-refractivity contribution in [1.82, 2.24) is 5.32 Å². The average Bonchev–Trinajstić information content (AvgIpc) is 2.38. The zero-order valence-corrected chi connectivity index (χ0v) is 12.6. The standard InChI is InChI=1S/C15H22ClNO2/c1-4-5-6-9-17-15(18)12(3)19-13-7-8-14(16)11(2)10-13/h7-8,10,12H,4-6,9H2,1-3H3,(H,17,18). The molecule has 1 rings (SSSR count). The van der Waals surface area contributed by atoms with Gasteiger partial charge in [0.1, 0.15) is 5.75 Å². The van der Waals surface area contributed by atoms with Crippen molar-refractivity contribution in [1.29, 1.82) is 0 Å². The topological polar surface area (TPSA) is 38.3 Å². The molecule has 0 aliphatic heterocycles. The van der Waals surface area contributed by atoms with E-state index in [0.29, 0.717) is 17.3 Å². The van der Waals surface area contributed by atoms with Gasteiger partial charge in [0.05, 0.1) is 0 Å². The van der Waals surface area contributed by atoms with Crippen LogP contribution >= 0.6 is 11.6 Å². The van der Waals surface area contributed by atoms with Crippen LogP contribution in [0.5, 0.6) is 5.75 Å². The Morgan fingerprint density at radius 3 is 2.79 bits per heavy atom. The summed E-state index contributed by atoms with van der Waals surface area (Å²) >= 11 is 5.94. The molecule has 1 amide bonds. The second-order valence-corrected chi connectivity index (χ2v) is 5.08. The van der Waals surface area contributed by atoms with Crippen molar-refractivity contribution in [2.24, 2.45) is 0 Å². The van der Waals surface area contributed by atoms with Gasteiger partial charge in [-0.25, -0.2) is 0 Å². The van der Waals surface area contributed by atoms with Crippen LogP contribution in [0.3, 0.4) is 0 Å². The zero-order valence-electron chi connectivity index (χ0n) is 11.8. The molecule has 0 aliphatic rings. The van der Waals surface area contributed by atoms with Crippen molar-refractivity contribution in [3.63, 3.8) is 0 Å². The van der Waals surface area contributed by atoms with Gasteiger partial charge in [-0.15, -0.1) is 0 Å². The largest absolute Gasteiger partial charge is 0.481 e. The zero-order chi connectivity index (χ0) is 14.3. The fraction of sp³-hybridized carbons (Fsp3) is 0.533. The van der Waals surface area contributed by atoms with E-state index in [9.17, 15) is 4.79 Å². The summed E-state index contributed by atoms with van der Waals surface area (Å²) in [5.41, 5.74) is 0.940. The molecule has 0 fully saturated rings. The summed E-state index contributed by atoms with van der Waals surface area (Å²) in [5, 5.41) is 3.57. The minimum absolute atomic E-state index is 0.0799. The number of amides is 1. The molecule has 3 nitrogen and oxygen atoms in total. The van der Waals surface area contributed by atoms with Crippen molar-refractivity contribution in [2.75, 3.05) is 6.54 Å². The van der Waals surface area contributed by atoms with E-state index < -0.39 is 6.10 Å². The van der Waals surface area contributed by atoms with Gasteiger partial charge in [0, 0.05) is 11.6 Å². The molecule has 19 heavy (non-hydrogen) atoms. The first kappa shape index (κ1) is 15.8. The van der Waals surface area contributed by atoms with Crippen LogP contribution in [0.1, 0.15) is 38.7 Å². The smallest absolute Gasteiger partial charge is 0.260 e. The summed E-state index contributed by atoms with van der Waals surface area (Å²) in [6.07, 6.45) is 2.79. The number of halogens is 1. The van der Waals surface area contributed by atoms with E-state index in [1.54, 1.807) is 19.1 Å². The van der Waals surface area contributed by atoms with E-state index in [1.165, 1.54) is 0 Å². The second-order valence-electron chi connectivity index (χ2n) is 4.67. The molecule has 0 aromatic heterocycles. The van der Waals surface area contributed by atoms with Crippen molar-refractivity contribution < 1.29 is 9.53 Å². The molecule has 0 aliphatic carbocycles. The van der Waals surface area contributed by atoms with Crippen LogP contribution < -0.4 is 10.1 Å². The van der Waals surface area contributed by atoms with Gasteiger partial charge in [-0.3, -0.25) is 4.79 Å². The Kier molecular flexibility index (Phi) is 6.71. The molecule has 0 saturated carbocycles. The molecule has 1 aromatic rings. The molecule has 0 spiro atoms. The molecular weight excluding hydrogens is 262 g/mol. The van der Waals surface area contributed by atoms with E-state index in [1.807, 2.05) is 13.0 Å². The molecule has 0 radical (unpaired) electrons. The van der Waals surface area contributed by atoms with Crippen molar-refractivity contribution in [3.05, 3.63) is 28.8 Å². The summed E-state index contributed by atoms with van der Waals surface area (Å²) in [4.78, 5) is 11.8.